The van der Waals surface area contributed by atoms with Crippen molar-refractivity contribution in [1.82, 2.24) is 10.2 Å². The molecular formula is C24H29Cl4N3O4S. The van der Waals surface area contributed by atoms with Gasteiger partial charge in [-0.25, -0.2) is 8.42 Å². The number of anilines is 1. The number of sulfonamides is 1. The molecule has 7 nitrogen and oxygen atoms in total. The molecule has 0 aliphatic heterocycles. The molecule has 0 heterocycles. The van der Waals surface area contributed by atoms with E-state index in [2.05, 4.69) is 5.32 Å². The molecule has 0 aliphatic carbocycles. The smallest absolute Gasteiger partial charge is 0.242 e. The van der Waals surface area contributed by atoms with Crippen LogP contribution in [-0.4, -0.2) is 50.0 Å². The molecule has 0 fully saturated rings. The van der Waals surface area contributed by atoms with Crippen molar-refractivity contribution in [3.05, 3.63) is 62.1 Å². The van der Waals surface area contributed by atoms with Gasteiger partial charge in [-0.05, 0) is 63.1 Å². The number of carbonyl (C=O) groups excluding carboxylic acids is 2. The number of rotatable bonds is 11. The number of nitrogens with one attached hydrogen (secondary N) is 1. The number of hydrogen-bond acceptors (Lipinski definition) is 4. The van der Waals surface area contributed by atoms with Crippen molar-refractivity contribution >= 4 is 73.9 Å². The van der Waals surface area contributed by atoms with Gasteiger partial charge in [-0.1, -0.05) is 52.5 Å². The highest BCUT2D eigenvalue weighted by molar-refractivity contribution is 7.92. The van der Waals surface area contributed by atoms with Crippen LogP contribution in [0.25, 0.3) is 0 Å². The van der Waals surface area contributed by atoms with Gasteiger partial charge in [-0.15, -0.1) is 0 Å². The van der Waals surface area contributed by atoms with E-state index in [4.69, 9.17) is 46.4 Å². The fourth-order valence-electron chi connectivity index (χ4n) is 3.48. The largest absolute Gasteiger partial charge is 0.352 e. The van der Waals surface area contributed by atoms with Crippen molar-refractivity contribution in [2.45, 2.75) is 52.2 Å². The number of benzene rings is 2. The van der Waals surface area contributed by atoms with E-state index in [1.54, 1.807) is 31.2 Å². The van der Waals surface area contributed by atoms with Gasteiger partial charge in [0.15, 0.2) is 0 Å². The first-order valence-electron chi connectivity index (χ1n) is 11.2. The van der Waals surface area contributed by atoms with Gasteiger partial charge in [0.05, 0.1) is 17.0 Å². The maximum absolute atomic E-state index is 13.3. The summed E-state index contributed by atoms with van der Waals surface area (Å²) in [5.41, 5.74) is 0.857. The molecule has 36 heavy (non-hydrogen) atoms. The van der Waals surface area contributed by atoms with Crippen molar-refractivity contribution in [2.75, 3.05) is 17.1 Å². The van der Waals surface area contributed by atoms with Crippen LogP contribution in [-0.2, 0) is 26.2 Å². The molecule has 12 heteroatoms. The highest BCUT2D eigenvalue weighted by atomic mass is 35.5. The Kier molecular flexibility index (Phi) is 11.2. The van der Waals surface area contributed by atoms with E-state index in [9.17, 15) is 18.0 Å². The van der Waals surface area contributed by atoms with E-state index in [1.807, 2.05) is 13.8 Å². The third-order valence-corrected chi connectivity index (χ3v) is 7.60. The minimum atomic E-state index is -3.71. The third-order valence-electron chi connectivity index (χ3n) is 5.28. The molecule has 2 aromatic carbocycles. The molecular weight excluding hydrogens is 568 g/mol. The first-order chi connectivity index (χ1) is 16.7. The average molecular weight is 597 g/mol. The molecule has 2 rings (SSSR count). The zero-order chi connectivity index (χ0) is 27.2. The van der Waals surface area contributed by atoms with Gasteiger partial charge in [-0.2, -0.15) is 0 Å². The molecule has 2 amide bonds. The minimum Gasteiger partial charge on any atom is -0.352 e. The molecule has 0 aliphatic rings. The molecule has 198 valence electrons. The Morgan fingerprint density at radius 1 is 0.944 bits per heavy atom. The highest BCUT2D eigenvalue weighted by Crippen LogP contribution is 2.31. The lowest BCUT2D eigenvalue weighted by Crippen LogP contribution is -2.49. The monoisotopic (exact) mass is 595 g/mol. The Hall–Kier alpha value is -1.71. The van der Waals surface area contributed by atoms with E-state index in [0.29, 0.717) is 20.6 Å². The van der Waals surface area contributed by atoms with Gasteiger partial charge in [0.1, 0.15) is 6.04 Å². The summed E-state index contributed by atoms with van der Waals surface area (Å²) < 4.78 is 26.0. The summed E-state index contributed by atoms with van der Waals surface area (Å²) in [4.78, 5) is 27.5. The van der Waals surface area contributed by atoms with Gasteiger partial charge >= 0.3 is 0 Å². The molecule has 0 saturated heterocycles. The normalized spacial score (nSPS) is 12.4. The van der Waals surface area contributed by atoms with Crippen LogP contribution in [0.15, 0.2) is 36.4 Å². The summed E-state index contributed by atoms with van der Waals surface area (Å²) in [5.74, 6) is -0.648. The molecule has 0 spiro atoms. The van der Waals surface area contributed by atoms with Gasteiger partial charge < -0.3 is 10.2 Å². The fraction of sp³-hybridized carbons (Fsp3) is 0.417. The standard InChI is InChI=1S/C24H29Cl4N3O4S/c1-15(2)29-24(33)16(3)30(14-17-7-8-18(25)12-21(17)28)23(32)6-5-11-31(36(4,34)35)22-13-19(26)9-10-20(22)27/h7-10,12-13,15-16H,5-6,11,14H2,1-4H3,(H,29,33)/t16-/m1/s1. The second kappa shape index (κ2) is 13.2. The molecule has 0 bridgehead atoms. The summed E-state index contributed by atoms with van der Waals surface area (Å²) in [5, 5.41) is 4.18. The number of hydrogen-bond donors (Lipinski definition) is 1. The zero-order valence-electron chi connectivity index (χ0n) is 20.4. The summed E-state index contributed by atoms with van der Waals surface area (Å²) in [7, 11) is -3.71. The van der Waals surface area contributed by atoms with E-state index < -0.39 is 16.1 Å². The van der Waals surface area contributed by atoms with E-state index in [1.165, 1.54) is 17.0 Å². The Labute approximate surface area is 232 Å². The van der Waals surface area contributed by atoms with E-state index in [0.717, 1.165) is 10.6 Å². The van der Waals surface area contributed by atoms with E-state index >= 15 is 0 Å². The molecule has 1 N–H and O–H groups in total. The second-order valence-electron chi connectivity index (χ2n) is 8.63. The van der Waals surface area contributed by atoms with Crippen LogP contribution in [0.3, 0.4) is 0 Å². The maximum Gasteiger partial charge on any atom is 0.242 e. The van der Waals surface area contributed by atoms with Crippen LogP contribution in [0.1, 0.15) is 39.2 Å². The van der Waals surface area contributed by atoms with Crippen LogP contribution < -0.4 is 9.62 Å². The molecule has 0 aromatic heterocycles. The first-order valence-corrected chi connectivity index (χ1v) is 14.5. The quantitative estimate of drug-likeness (QED) is 0.356. The third kappa shape index (κ3) is 8.70. The number of halogens is 4. The van der Waals surface area contributed by atoms with E-state index in [-0.39, 0.29) is 54.5 Å². The lowest BCUT2D eigenvalue weighted by atomic mass is 10.1. The summed E-state index contributed by atoms with van der Waals surface area (Å²) >= 11 is 24.6. The lowest BCUT2D eigenvalue weighted by Gasteiger charge is -2.30. The van der Waals surface area contributed by atoms with Crippen molar-refractivity contribution in [1.29, 1.82) is 0 Å². The van der Waals surface area contributed by atoms with Gasteiger partial charge in [-0.3, -0.25) is 13.9 Å². The number of carbonyl (C=O) groups is 2. The Morgan fingerprint density at radius 2 is 1.56 bits per heavy atom. The van der Waals surface area contributed by atoms with Crippen LogP contribution in [0.5, 0.6) is 0 Å². The molecule has 2 aromatic rings. The average Bonchev–Trinajstić information content (AvgIpc) is 2.76. The lowest BCUT2D eigenvalue weighted by molar-refractivity contribution is -0.140. The summed E-state index contributed by atoms with van der Waals surface area (Å²) in [6, 6.07) is 8.55. The Balaban J connectivity index is 2.24. The van der Waals surface area contributed by atoms with Gasteiger partial charge in [0.2, 0.25) is 21.8 Å². The van der Waals surface area contributed by atoms with Gasteiger partial charge in [0, 0.05) is 40.6 Å². The number of amides is 2. The van der Waals surface area contributed by atoms with Crippen molar-refractivity contribution in [3.63, 3.8) is 0 Å². The maximum atomic E-state index is 13.3. The molecule has 1 atom stereocenters. The highest BCUT2D eigenvalue weighted by Gasteiger charge is 2.28. The first kappa shape index (κ1) is 30.5. The predicted octanol–water partition coefficient (Wildman–Crippen LogP) is 5.79. The number of nitrogens with zero attached hydrogens (tertiary/aromatic N) is 2. The molecule has 0 saturated carbocycles. The topological polar surface area (TPSA) is 86.8 Å². The zero-order valence-corrected chi connectivity index (χ0v) is 24.2. The molecule has 0 unspecified atom stereocenters. The van der Waals surface area contributed by atoms with Crippen LogP contribution in [0.4, 0.5) is 5.69 Å². The minimum absolute atomic E-state index is 0.00719. The van der Waals surface area contributed by atoms with Crippen molar-refractivity contribution < 1.29 is 18.0 Å². The van der Waals surface area contributed by atoms with Gasteiger partial charge in [0.25, 0.3) is 0 Å². The fourth-order valence-corrected chi connectivity index (χ4v) is 5.35. The summed E-state index contributed by atoms with van der Waals surface area (Å²) in [6.45, 7) is 5.36. The van der Waals surface area contributed by atoms with Crippen molar-refractivity contribution in [3.8, 4) is 0 Å². The summed E-state index contributed by atoms with van der Waals surface area (Å²) in [6.07, 6.45) is 1.21. The Bertz CT molecular complexity index is 1210. The van der Waals surface area contributed by atoms with Crippen LogP contribution >= 0.6 is 46.4 Å². The SMILES string of the molecule is CC(C)NC(=O)[C@@H](C)N(Cc1ccc(Cl)cc1Cl)C(=O)CCCN(c1cc(Cl)ccc1Cl)S(C)(=O)=O. The van der Waals surface area contributed by atoms with Crippen LogP contribution in [0.2, 0.25) is 20.1 Å². The predicted molar refractivity (Wildman–Crippen MR) is 148 cm³/mol. The Morgan fingerprint density at radius 3 is 2.14 bits per heavy atom. The van der Waals surface area contributed by atoms with Crippen LogP contribution in [0, 0.1) is 0 Å². The van der Waals surface area contributed by atoms with Crippen molar-refractivity contribution in [2.24, 2.45) is 0 Å². The second-order valence-corrected chi connectivity index (χ2v) is 12.2. The molecule has 0 radical (unpaired) electrons.